The molecule has 1 fully saturated rings. The van der Waals surface area contributed by atoms with Crippen molar-refractivity contribution in [2.45, 2.75) is 13.3 Å². The Kier molecular flexibility index (Phi) is 3.10. The molecule has 0 aliphatic carbocycles. The van der Waals surface area contributed by atoms with Crippen molar-refractivity contribution in [2.75, 3.05) is 13.1 Å². The van der Waals surface area contributed by atoms with Crippen LogP contribution in [0.15, 0.2) is 28.7 Å². The highest BCUT2D eigenvalue weighted by atomic mass is 79.9. The molecule has 15 heavy (non-hydrogen) atoms. The first-order valence-corrected chi connectivity index (χ1v) is 6.01. The lowest BCUT2D eigenvalue weighted by Crippen LogP contribution is -2.28. The summed E-state index contributed by atoms with van der Waals surface area (Å²) in [6, 6.07) is 7.56. The largest absolute Gasteiger partial charge is 0.338 e. The molecule has 1 aromatic rings. The number of benzene rings is 1. The van der Waals surface area contributed by atoms with Crippen molar-refractivity contribution in [1.82, 2.24) is 4.90 Å². The third-order valence-electron chi connectivity index (χ3n) is 2.80. The predicted molar refractivity (Wildman–Crippen MR) is 63.8 cm³/mol. The van der Waals surface area contributed by atoms with E-state index in [1.165, 1.54) is 0 Å². The van der Waals surface area contributed by atoms with Crippen molar-refractivity contribution in [2.24, 2.45) is 5.92 Å². The van der Waals surface area contributed by atoms with E-state index in [4.69, 9.17) is 0 Å². The van der Waals surface area contributed by atoms with Gasteiger partial charge in [-0.15, -0.1) is 0 Å². The van der Waals surface area contributed by atoms with Crippen LogP contribution in [0.5, 0.6) is 0 Å². The molecule has 80 valence electrons. The molecule has 1 atom stereocenters. The summed E-state index contributed by atoms with van der Waals surface area (Å²) in [4.78, 5) is 14.0. The average molecular weight is 268 g/mol. The molecule has 2 nitrogen and oxygen atoms in total. The first-order chi connectivity index (χ1) is 7.16. The van der Waals surface area contributed by atoms with Gasteiger partial charge in [0.1, 0.15) is 0 Å². The summed E-state index contributed by atoms with van der Waals surface area (Å²) < 4.78 is 1.01. The van der Waals surface area contributed by atoms with E-state index in [9.17, 15) is 4.79 Å². The lowest BCUT2D eigenvalue weighted by atomic mass is 10.2. The van der Waals surface area contributed by atoms with Gasteiger partial charge in [0.25, 0.3) is 5.91 Å². The number of likely N-dealkylation sites (tertiary alicyclic amines) is 1. The molecule has 1 aliphatic rings. The van der Waals surface area contributed by atoms with Crippen LogP contribution in [-0.2, 0) is 0 Å². The Bertz CT molecular complexity index is 360. The molecule has 0 radical (unpaired) electrons. The van der Waals surface area contributed by atoms with Gasteiger partial charge in [-0.25, -0.2) is 0 Å². The van der Waals surface area contributed by atoms with Crippen molar-refractivity contribution in [1.29, 1.82) is 0 Å². The normalized spacial score (nSPS) is 20.7. The maximum atomic E-state index is 12.0. The number of amides is 1. The number of halogens is 1. The van der Waals surface area contributed by atoms with E-state index in [1.54, 1.807) is 0 Å². The molecule has 0 bridgehead atoms. The van der Waals surface area contributed by atoms with Gasteiger partial charge in [-0.3, -0.25) is 4.79 Å². The number of rotatable bonds is 1. The SMILES string of the molecule is CC1CCN(C(=O)c2ccc(Br)cc2)C1. The summed E-state index contributed by atoms with van der Waals surface area (Å²) in [5, 5.41) is 0. The van der Waals surface area contributed by atoms with E-state index in [0.717, 1.165) is 29.5 Å². The lowest BCUT2D eigenvalue weighted by molar-refractivity contribution is 0.0788. The molecule has 0 N–H and O–H groups in total. The zero-order valence-electron chi connectivity index (χ0n) is 8.74. The predicted octanol–water partition coefficient (Wildman–Crippen LogP) is 2.93. The third-order valence-corrected chi connectivity index (χ3v) is 3.33. The molecule has 1 unspecified atom stereocenters. The Morgan fingerprint density at radius 1 is 1.40 bits per heavy atom. The van der Waals surface area contributed by atoms with E-state index in [2.05, 4.69) is 22.9 Å². The summed E-state index contributed by atoms with van der Waals surface area (Å²) in [5.74, 6) is 0.802. The molecule has 1 saturated heterocycles. The maximum absolute atomic E-state index is 12.0. The number of hydrogen-bond donors (Lipinski definition) is 0. The highest BCUT2D eigenvalue weighted by molar-refractivity contribution is 9.10. The minimum absolute atomic E-state index is 0.159. The number of carbonyl (C=O) groups excluding carboxylic acids is 1. The lowest BCUT2D eigenvalue weighted by Gasteiger charge is -2.15. The number of hydrogen-bond acceptors (Lipinski definition) is 1. The second-order valence-electron chi connectivity index (χ2n) is 4.15. The van der Waals surface area contributed by atoms with E-state index in [0.29, 0.717) is 5.92 Å². The van der Waals surface area contributed by atoms with Crippen molar-refractivity contribution in [3.63, 3.8) is 0 Å². The van der Waals surface area contributed by atoms with Gasteiger partial charge >= 0.3 is 0 Å². The van der Waals surface area contributed by atoms with Crippen LogP contribution in [0.1, 0.15) is 23.7 Å². The van der Waals surface area contributed by atoms with Crippen LogP contribution in [0.25, 0.3) is 0 Å². The Labute approximate surface area is 98.4 Å². The second kappa shape index (κ2) is 4.35. The molecule has 0 saturated carbocycles. The van der Waals surface area contributed by atoms with Gasteiger partial charge in [-0.1, -0.05) is 22.9 Å². The van der Waals surface area contributed by atoms with Gasteiger partial charge < -0.3 is 4.90 Å². The summed E-state index contributed by atoms with van der Waals surface area (Å²) in [7, 11) is 0. The Hall–Kier alpha value is -0.830. The molecule has 0 aromatic heterocycles. The monoisotopic (exact) mass is 267 g/mol. The van der Waals surface area contributed by atoms with E-state index >= 15 is 0 Å². The fourth-order valence-corrected chi connectivity index (χ4v) is 2.16. The summed E-state index contributed by atoms with van der Waals surface area (Å²) >= 11 is 3.36. The van der Waals surface area contributed by atoms with Crippen molar-refractivity contribution in [3.8, 4) is 0 Å². The fraction of sp³-hybridized carbons (Fsp3) is 0.417. The summed E-state index contributed by atoms with van der Waals surface area (Å²) in [6.07, 6.45) is 1.13. The fourth-order valence-electron chi connectivity index (χ4n) is 1.89. The molecule has 3 heteroatoms. The summed E-state index contributed by atoms with van der Waals surface area (Å²) in [5.41, 5.74) is 0.785. The van der Waals surface area contributed by atoms with Crippen molar-refractivity contribution in [3.05, 3.63) is 34.3 Å². The molecule has 1 aromatic carbocycles. The molecular formula is C12H14BrNO. The topological polar surface area (TPSA) is 20.3 Å². The van der Waals surface area contributed by atoms with E-state index < -0.39 is 0 Å². The van der Waals surface area contributed by atoms with E-state index in [-0.39, 0.29) is 5.91 Å². The summed E-state index contributed by atoms with van der Waals surface area (Å²) in [6.45, 7) is 3.99. The van der Waals surface area contributed by atoms with Crippen LogP contribution in [-0.4, -0.2) is 23.9 Å². The van der Waals surface area contributed by atoms with Crippen LogP contribution in [0.2, 0.25) is 0 Å². The molecule has 2 rings (SSSR count). The van der Waals surface area contributed by atoms with Crippen LogP contribution in [0, 0.1) is 5.92 Å². The molecule has 1 heterocycles. The minimum atomic E-state index is 0.159. The van der Waals surface area contributed by atoms with Gasteiger partial charge in [0.2, 0.25) is 0 Å². The Morgan fingerprint density at radius 3 is 2.60 bits per heavy atom. The highest BCUT2D eigenvalue weighted by Gasteiger charge is 2.23. The van der Waals surface area contributed by atoms with E-state index in [1.807, 2.05) is 29.2 Å². The first-order valence-electron chi connectivity index (χ1n) is 5.21. The van der Waals surface area contributed by atoms with Crippen LogP contribution in [0.3, 0.4) is 0 Å². The van der Waals surface area contributed by atoms with Crippen LogP contribution >= 0.6 is 15.9 Å². The standard InChI is InChI=1S/C12H14BrNO/c1-9-6-7-14(8-9)12(15)10-2-4-11(13)5-3-10/h2-5,9H,6-8H2,1H3. The molecule has 1 amide bonds. The smallest absolute Gasteiger partial charge is 0.253 e. The van der Waals surface area contributed by atoms with Crippen LogP contribution < -0.4 is 0 Å². The number of carbonyl (C=O) groups is 1. The molecule has 1 aliphatic heterocycles. The van der Waals surface area contributed by atoms with Gasteiger partial charge in [0.05, 0.1) is 0 Å². The highest BCUT2D eigenvalue weighted by Crippen LogP contribution is 2.19. The third kappa shape index (κ3) is 2.40. The van der Waals surface area contributed by atoms with Crippen molar-refractivity contribution < 1.29 is 4.79 Å². The Morgan fingerprint density at radius 2 is 2.07 bits per heavy atom. The van der Waals surface area contributed by atoms with Gasteiger partial charge in [0, 0.05) is 23.1 Å². The second-order valence-corrected chi connectivity index (χ2v) is 5.07. The quantitative estimate of drug-likeness (QED) is 0.766. The first kappa shape index (κ1) is 10.7. The zero-order valence-corrected chi connectivity index (χ0v) is 10.3. The number of nitrogens with zero attached hydrogens (tertiary/aromatic N) is 1. The Balaban J connectivity index is 2.11. The molecular weight excluding hydrogens is 254 g/mol. The minimum Gasteiger partial charge on any atom is -0.338 e. The van der Waals surface area contributed by atoms with Crippen LogP contribution in [0.4, 0.5) is 0 Å². The average Bonchev–Trinajstić information content (AvgIpc) is 2.65. The van der Waals surface area contributed by atoms with Gasteiger partial charge in [-0.05, 0) is 36.6 Å². The van der Waals surface area contributed by atoms with Gasteiger partial charge in [-0.2, -0.15) is 0 Å². The molecule has 0 spiro atoms. The zero-order chi connectivity index (χ0) is 10.8. The maximum Gasteiger partial charge on any atom is 0.253 e. The van der Waals surface area contributed by atoms with Gasteiger partial charge in [0.15, 0.2) is 0 Å². The van der Waals surface area contributed by atoms with Crippen molar-refractivity contribution >= 4 is 21.8 Å².